The molecule has 0 heterocycles. The van der Waals surface area contributed by atoms with Gasteiger partial charge in [-0.05, 0) is 47.2 Å². The zero-order valence-corrected chi connectivity index (χ0v) is 13.2. The highest BCUT2D eigenvalue weighted by Gasteiger charge is 2.33. The van der Waals surface area contributed by atoms with Crippen LogP contribution in [0.15, 0.2) is 22.7 Å². The Balaban J connectivity index is 2.05. The molecule has 1 amide bonds. The van der Waals surface area contributed by atoms with Crippen molar-refractivity contribution in [2.75, 3.05) is 12.8 Å². The first kappa shape index (κ1) is 14.9. The van der Waals surface area contributed by atoms with Crippen LogP contribution in [0.25, 0.3) is 0 Å². The minimum absolute atomic E-state index is 0.0942. The normalized spacial score (nSPS) is 17.4. The van der Waals surface area contributed by atoms with Gasteiger partial charge < -0.3 is 5.32 Å². The topological polar surface area (TPSA) is 29.1 Å². The van der Waals surface area contributed by atoms with Gasteiger partial charge in [-0.1, -0.05) is 18.9 Å². The molecule has 1 aliphatic carbocycles. The molecule has 0 bridgehead atoms. The number of carbonyl (C=O) groups is 1. The molecule has 2 rings (SSSR count). The quantitative estimate of drug-likeness (QED) is 0.893. The number of hydrogen-bond acceptors (Lipinski definition) is 2. The van der Waals surface area contributed by atoms with Crippen LogP contribution >= 0.6 is 27.7 Å². The van der Waals surface area contributed by atoms with Gasteiger partial charge in [-0.3, -0.25) is 4.79 Å². The molecule has 1 saturated carbocycles. The molecule has 104 valence electrons. The number of carbonyl (C=O) groups excluding carboxylic acids is 1. The Labute approximate surface area is 125 Å². The van der Waals surface area contributed by atoms with Crippen LogP contribution in [0.5, 0.6) is 0 Å². The Morgan fingerprint density at radius 2 is 2.16 bits per heavy atom. The summed E-state index contributed by atoms with van der Waals surface area (Å²) >= 11 is 5.03. The van der Waals surface area contributed by atoms with E-state index in [4.69, 9.17) is 0 Å². The summed E-state index contributed by atoms with van der Waals surface area (Å²) in [5, 5.41) is 2.88. The van der Waals surface area contributed by atoms with E-state index >= 15 is 0 Å². The van der Waals surface area contributed by atoms with Gasteiger partial charge >= 0.3 is 0 Å². The van der Waals surface area contributed by atoms with Gasteiger partial charge in [0.25, 0.3) is 5.91 Å². The van der Waals surface area contributed by atoms with Crippen molar-refractivity contribution in [3.05, 3.63) is 34.1 Å². The number of amides is 1. The van der Waals surface area contributed by atoms with E-state index in [0.717, 1.165) is 12.8 Å². The molecule has 0 radical (unpaired) electrons. The molecule has 2 nitrogen and oxygen atoms in total. The highest BCUT2D eigenvalue weighted by molar-refractivity contribution is 9.10. The molecule has 0 unspecified atom stereocenters. The van der Waals surface area contributed by atoms with Crippen LogP contribution < -0.4 is 5.32 Å². The van der Waals surface area contributed by atoms with Crippen molar-refractivity contribution in [3.8, 4) is 0 Å². The fraction of sp³-hybridized carbons (Fsp3) is 0.500. The van der Waals surface area contributed by atoms with Gasteiger partial charge in [0.2, 0.25) is 0 Å². The predicted molar refractivity (Wildman–Crippen MR) is 81.1 cm³/mol. The van der Waals surface area contributed by atoms with Crippen LogP contribution in [0.3, 0.4) is 0 Å². The lowest BCUT2D eigenvalue weighted by Gasteiger charge is -2.27. The molecule has 1 aliphatic rings. The molecular weight excluding hydrogens is 329 g/mol. The summed E-state index contributed by atoms with van der Waals surface area (Å²) in [5.74, 6) is -0.832. The van der Waals surface area contributed by atoms with Crippen molar-refractivity contribution < 1.29 is 9.18 Å². The Morgan fingerprint density at radius 1 is 1.47 bits per heavy atom. The SMILES string of the molecule is CSC1(CNC(=O)c2c(F)cccc2Br)CCCC1. The summed E-state index contributed by atoms with van der Waals surface area (Å²) in [7, 11) is 0. The fourth-order valence-electron chi connectivity index (χ4n) is 2.52. The Morgan fingerprint density at radius 3 is 2.74 bits per heavy atom. The minimum atomic E-state index is -0.489. The van der Waals surface area contributed by atoms with Gasteiger partial charge in [-0.15, -0.1) is 0 Å². The van der Waals surface area contributed by atoms with Crippen LogP contribution in [0, 0.1) is 5.82 Å². The monoisotopic (exact) mass is 345 g/mol. The highest BCUT2D eigenvalue weighted by Crippen LogP contribution is 2.39. The number of rotatable bonds is 4. The van der Waals surface area contributed by atoms with Crippen molar-refractivity contribution in [3.63, 3.8) is 0 Å². The largest absolute Gasteiger partial charge is 0.351 e. The number of nitrogens with one attached hydrogen (secondary N) is 1. The third-order valence-electron chi connectivity index (χ3n) is 3.71. The molecule has 0 saturated heterocycles. The second-order valence-electron chi connectivity index (χ2n) is 4.87. The maximum Gasteiger partial charge on any atom is 0.255 e. The summed E-state index contributed by atoms with van der Waals surface area (Å²) in [4.78, 5) is 12.1. The molecule has 0 aromatic heterocycles. The standard InChI is InChI=1S/C14H17BrFNOS/c1-19-14(7-2-3-8-14)9-17-13(18)12-10(15)5-4-6-11(12)16/h4-6H,2-3,7-9H2,1H3,(H,17,18). The first-order valence-electron chi connectivity index (χ1n) is 6.35. The molecule has 5 heteroatoms. The minimum Gasteiger partial charge on any atom is -0.351 e. The fourth-order valence-corrected chi connectivity index (χ4v) is 3.95. The Bertz CT molecular complexity index is 454. The Kier molecular flexibility index (Phi) is 4.90. The number of benzene rings is 1. The van der Waals surface area contributed by atoms with E-state index in [0.29, 0.717) is 11.0 Å². The van der Waals surface area contributed by atoms with Gasteiger partial charge in [0.15, 0.2) is 0 Å². The highest BCUT2D eigenvalue weighted by atomic mass is 79.9. The van der Waals surface area contributed by atoms with E-state index in [9.17, 15) is 9.18 Å². The number of thioether (sulfide) groups is 1. The van der Waals surface area contributed by atoms with Crippen molar-refractivity contribution in [2.45, 2.75) is 30.4 Å². The third kappa shape index (κ3) is 3.31. The summed E-state index contributed by atoms with van der Waals surface area (Å²) < 4.78 is 14.3. The lowest BCUT2D eigenvalue weighted by molar-refractivity contribution is 0.0944. The maximum atomic E-state index is 13.7. The van der Waals surface area contributed by atoms with Crippen LogP contribution in [-0.4, -0.2) is 23.5 Å². The van der Waals surface area contributed by atoms with Gasteiger partial charge in [-0.25, -0.2) is 4.39 Å². The zero-order chi connectivity index (χ0) is 13.9. The van der Waals surface area contributed by atoms with Crippen molar-refractivity contribution in [1.29, 1.82) is 0 Å². The van der Waals surface area contributed by atoms with Crippen molar-refractivity contribution >= 4 is 33.6 Å². The molecule has 1 aromatic rings. The van der Waals surface area contributed by atoms with Gasteiger partial charge in [0.05, 0.1) is 5.56 Å². The van der Waals surface area contributed by atoms with Crippen LogP contribution in [0.4, 0.5) is 4.39 Å². The molecule has 0 atom stereocenters. The van der Waals surface area contributed by atoms with Crippen LogP contribution in [-0.2, 0) is 0 Å². The first-order chi connectivity index (χ1) is 9.08. The maximum absolute atomic E-state index is 13.7. The lowest BCUT2D eigenvalue weighted by Crippen LogP contribution is -2.38. The predicted octanol–water partition coefficient (Wildman–Crippen LogP) is 3.99. The lowest BCUT2D eigenvalue weighted by atomic mass is 10.1. The molecule has 0 aliphatic heterocycles. The molecule has 1 N–H and O–H groups in total. The average Bonchev–Trinajstić information content (AvgIpc) is 2.86. The zero-order valence-electron chi connectivity index (χ0n) is 10.8. The molecule has 19 heavy (non-hydrogen) atoms. The number of halogens is 2. The summed E-state index contributed by atoms with van der Waals surface area (Å²) in [6.45, 7) is 0.605. The van der Waals surface area contributed by atoms with Crippen LogP contribution in [0.2, 0.25) is 0 Å². The number of hydrogen-bond donors (Lipinski definition) is 1. The van der Waals surface area contributed by atoms with E-state index in [2.05, 4.69) is 27.5 Å². The van der Waals surface area contributed by atoms with E-state index in [1.807, 2.05) is 0 Å². The molecular formula is C14H17BrFNOS. The molecule has 1 aromatic carbocycles. The van der Waals surface area contributed by atoms with Gasteiger partial charge in [0.1, 0.15) is 5.82 Å². The molecule has 1 fully saturated rings. The summed E-state index contributed by atoms with van der Waals surface area (Å²) in [6.07, 6.45) is 6.73. The van der Waals surface area contributed by atoms with Gasteiger partial charge in [-0.2, -0.15) is 11.8 Å². The van der Waals surface area contributed by atoms with E-state index in [-0.39, 0.29) is 16.2 Å². The van der Waals surface area contributed by atoms with E-state index in [1.165, 1.54) is 18.9 Å². The van der Waals surface area contributed by atoms with E-state index in [1.54, 1.807) is 23.9 Å². The third-order valence-corrected chi connectivity index (χ3v) is 5.79. The van der Waals surface area contributed by atoms with Crippen molar-refractivity contribution in [1.82, 2.24) is 5.32 Å². The summed E-state index contributed by atoms with van der Waals surface area (Å²) in [6, 6.07) is 4.56. The Hall–Kier alpha value is -0.550. The van der Waals surface area contributed by atoms with E-state index < -0.39 is 5.82 Å². The molecule has 0 spiro atoms. The first-order valence-corrected chi connectivity index (χ1v) is 8.37. The summed E-state index contributed by atoms with van der Waals surface area (Å²) in [5.41, 5.74) is 0.0942. The second kappa shape index (κ2) is 6.27. The van der Waals surface area contributed by atoms with Gasteiger partial charge in [0, 0.05) is 15.8 Å². The van der Waals surface area contributed by atoms with Crippen molar-refractivity contribution in [2.24, 2.45) is 0 Å². The van der Waals surface area contributed by atoms with Crippen LogP contribution in [0.1, 0.15) is 36.0 Å². The average molecular weight is 346 g/mol. The smallest absolute Gasteiger partial charge is 0.255 e. The second-order valence-corrected chi connectivity index (χ2v) is 7.00.